The van der Waals surface area contributed by atoms with Crippen molar-refractivity contribution < 1.29 is 14.7 Å². The minimum Gasteiger partial charge on any atom is -0.481 e. The molecule has 1 amide bonds. The van der Waals surface area contributed by atoms with Crippen molar-refractivity contribution in [2.75, 3.05) is 12.3 Å². The number of hydrogen-bond acceptors (Lipinski definition) is 6. The molecular weight excluding hydrogens is 310 g/mol. The van der Waals surface area contributed by atoms with E-state index in [2.05, 4.69) is 28.3 Å². The number of nitrogens with one attached hydrogen (secondary N) is 1. The molecule has 0 saturated heterocycles. The average molecular weight is 325 g/mol. The third-order valence-electron chi connectivity index (χ3n) is 2.69. The van der Waals surface area contributed by atoms with Crippen molar-refractivity contribution in [2.45, 2.75) is 24.8 Å². The number of aliphatic carboxylic acids is 1. The highest BCUT2D eigenvalue weighted by molar-refractivity contribution is 8.00. The molecule has 0 aliphatic rings. The molecule has 2 rings (SSSR count). The lowest BCUT2D eigenvalue weighted by Gasteiger charge is -2.03. The summed E-state index contributed by atoms with van der Waals surface area (Å²) in [7, 11) is 0. The zero-order chi connectivity index (χ0) is 15.2. The largest absolute Gasteiger partial charge is 0.481 e. The van der Waals surface area contributed by atoms with E-state index in [4.69, 9.17) is 5.11 Å². The van der Waals surface area contributed by atoms with Crippen molar-refractivity contribution in [1.29, 1.82) is 0 Å². The molecule has 0 aliphatic heterocycles. The van der Waals surface area contributed by atoms with Gasteiger partial charge in [-0.3, -0.25) is 9.59 Å². The standard InChI is InChI=1S/C13H15N3O3S2/c1-2-8-5-9-12(15-7-16-13(9)21-8)20-6-10(17)14-4-3-11(18)19/h5,7H,2-4,6H2,1H3,(H,14,17)(H,18,19). The van der Waals surface area contributed by atoms with Crippen molar-refractivity contribution in [3.05, 3.63) is 17.3 Å². The molecule has 0 atom stereocenters. The minimum absolute atomic E-state index is 0.0709. The van der Waals surface area contributed by atoms with Gasteiger partial charge in [-0.2, -0.15) is 0 Å². The molecule has 112 valence electrons. The van der Waals surface area contributed by atoms with Gasteiger partial charge in [-0.25, -0.2) is 9.97 Å². The number of thioether (sulfide) groups is 1. The Hall–Kier alpha value is -1.67. The molecule has 2 N–H and O–H groups in total. The van der Waals surface area contributed by atoms with E-state index in [1.54, 1.807) is 11.3 Å². The van der Waals surface area contributed by atoms with Crippen LogP contribution in [0.15, 0.2) is 17.4 Å². The SMILES string of the molecule is CCc1cc2c(SCC(=O)NCCC(=O)O)ncnc2s1. The molecule has 0 spiro atoms. The summed E-state index contributed by atoms with van der Waals surface area (Å²) < 4.78 is 0. The first-order chi connectivity index (χ1) is 10.1. The van der Waals surface area contributed by atoms with Gasteiger partial charge in [-0.1, -0.05) is 18.7 Å². The Morgan fingerprint density at radius 3 is 2.95 bits per heavy atom. The van der Waals surface area contributed by atoms with Crippen LogP contribution in [-0.2, 0) is 16.0 Å². The second kappa shape index (κ2) is 7.37. The molecule has 0 bridgehead atoms. The predicted molar refractivity (Wildman–Crippen MR) is 82.8 cm³/mol. The number of thiophene rings is 1. The van der Waals surface area contributed by atoms with Crippen LogP contribution in [-0.4, -0.2) is 39.2 Å². The quantitative estimate of drug-likeness (QED) is 0.597. The van der Waals surface area contributed by atoms with Crippen LogP contribution in [0, 0.1) is 0 Å². The zero-order valence-corrected chi connectivity index (χ0v) is 13.1. The van der Waals surface area contributed by atoms with Crippen molar-refractivity contribution in [2.24, 2.45) is 0 Å². The van der Waals surface area contributed by atoms with Gasteiger partial charge in [0.15, 0.2) is 0 Å². The molecule has 0 unspecified atom stereocenters. The van der Waals surface area contributed by atoms with Crippen LogP contribution < -0.4 is 5.32 Å². The summed E-state index contributed by atoms with van der Waals surface area (Å²) in [4.78, 5) is 32.6. The lowest BCUT2D eigenvalue weighted by molar-refractivity contribution is -0.136. The number of carboxylic acids is 1. The monoisotopic (exact) mass is 325 g/mol. The maximum absolute atomic E-state index is 11.6. The van der Waals surface area contributed by atoms with E-state index >= 15 is 0 Å². The van der Waals surface area contributed by atoms with Crippen LogP contribution in [0.2, 0.25) is 0 Å². The number of fused-ring (bicyclic) bond motifs is 1. The van der Waals surface area contributed by atoms with Gasteiger partial charge < -0.3 is 10.4 Å². The van der Waals surface area contributed by atoms with E-state index in [0.29, 0.717) is 0 Å². The summed E-state index contributed by atoms with van der Waals surface area (Å²) in [6.07, 6.45) is 2.38. The maximum atomic E-state index is 11.6. The lowest BCUT2D eigenvalue weighted by Crippen LogP contribution is -2.27. The summed E-state index contributed by atoms with van der Waals surface area (Å²) >= 11 is 2.97. The normalized spacial score (nSPS) is 10.7. The fourth-order valence-corrected chi connectivity index (χ4v) is 3.47. The van der Waals surface area contributed by atoms with Crippen LogP contribution in [0.25, 0.3) is 10.2 Å². The van der Waals surface area contributed by atoms with E-state index in [1.807, 2.05) is 0 Å². The number of aromatic nitrogens is 2. The maximum Gasteiger partial charge on any atom is 0.305 e. The molecule has 0 saturated carbocycles. The third kappa shape index (κ3) is 4.40. The van der Waals surface area contributed by atoms with Gasteiger partial charge in [-0.15, -0.1) is 11.3 Å². The highest BCUT2D eigenvalue weighted by atomic mass is 32.2. The van der Waals surface area contributed by atoms with E-state index in [0.717, 1.165) is 21.7 Å². The van der Waals surface area contributed by atoms with E-state index in [1.165, 1.54) is 23.0 Å². The number of carboxylic acid groups (broad SMARTS) is 1. The first-order valence-corrected chi connectivity index (χ1v) is 8.25. The summed E-state index contributed by atoms with van der Waals surface area (Å²) in [6.45, 7) is 2.23. The number of nitrogens with zero attached hydrogens (tertiary/aromatic N) is 2. The third-order valence-corrected chi connectivity index (χ3v) is 4.89. The van der Waals surface area contributed by atoms with Crippen LogP contribution in [0.4, 0.5) is 0 Å². The molecule has 21 heavy (non-hydrogen) atoms. The Morgan fingerprint density at radius 2 is 2.24 bits per heavy atom. The Bertz CT molecular complexity index is 657. The number of amides is 1. The second-order valence-corrected chi connectivity index (χ2v) is 6.33. The summed E-state index contributed by atoms with van der Waals surface area (Å²) in [5.74, 6) is -0.909. The summed E-state index contributed by atoms with van der Waals surface area (Å²) in [5, 5.41) is 12.8. The van der Waals surface area contributed by atoms with Gasteiger partial charge in [-0.05, 0) is 12.5 Å². The van der Waals surface area contributed by atoms with Crippen molar-refractivity contribution >= 4 is 45.2 Å². The van der Waals surface area contributed by atoms with Gasteiger partial charge >= 0.3 is 5.97 Å². The highest BCUT2D eigenvalue weighted by Gasteiger charge is 2.10. The molecule has 0 aromatic carbocycles. The van der Waals surface area contributed by atoms with Crippen LogP contribution >= 0.6 is 23.1 Å². The number of hydrogen-bond donors (Lipinski definition) is 2. The summed E-state index contributed by atoms with van der Waals surface area (Å²) in [6, 6.07) is 2.06. The molecule has 0 aliphatic carbocycles. The fourth-order valence-electron chi connectivity index (χ4n) is 1.67. The average Bonchev–Trinajstić information content (AvgIpc) is 2.88. The smallest absolute Gasteiger partial charge is 0.305 e. The summed E-state index contributed by atoms with van der Waals surface area (Å²) in [5.41, 5.74) is 0. The number of carbonyl (C=O) groups excluding carboxylic acids is 1. The molecule has 2 aromatic rings. The fraction of sp³-hybridized carbons (Fsp3) is 0.385. The van der Waals surface area contributed by atoms with Gasteiger partial charge in [0.1, 0.15) is 16.2 Å². The first-order valence-electron chi connectivity index (χ1n) is 6.45. The van der Waals surface area contributed by atoms with Crippen molar-refractivity contribution in [3.63, 3.8) is 0 Å². The predicted octanol–water partition coefficient (Wildman–Crippen LogP) is 1.94. The highest BCUT2D eigenvalue weighted by Crippen LogP contribution is 2.30. The van der Waals surface area contributed by atoms with E-state index < -0.39 is 5.97 Å². The molecule has 2 heterocycles. The number of aryl methyl sites for hydroxylation is 1. The van der Waals surface area contributed by atoms with Crippen LogP contribution in [0.5, 0.6) is 0 Å². The molecule has 8 heteroatoms. The van der Waals surface area contributed by atoms with Crippen molar-refractivity contribution in [1.82, 2.24) is 15.3 Å². The lowest BCUT2D eigenvalue weighted by atomic mass is 10.3. The molecule has 2 aromatic heterocycles. The Balaban J connectivity index is 1.95. The Kier molecular flexibility index (Phi) is 5.51. The molecule has 6 nitrogen and oxygen atoms in total. The Labute approximate surface area is 130 Å². The number of rotatable bonds is 7. The number of carbonyl (C=O) groups is 2. The van der Waals surface area contributed by atoms with E-state index in [-0.39, 0.29) is 24.6 Å². The van der Waals surface area contributed by atoms with E-state index in [9.17, 15) is 9.59 Å². The topological polar surface area (TPSA) is 92.2 Å². The first kappa shape index (κ1) is 15.7. The van der Waals surface area contributed by atoms with Gasteiger partial charge in [0, 0.05) is 16.8 Å². The minimum atomic E-state index is -0.925. The second-order valence-electron chi connectivity index (χ2n) is 4.25. The van der Waals surface area contributed by atoms with Crippen molar-refractivity contribution in [3.8, 4) is 0 Å². The Morgan fingerprint density at radius 1 is 1.43 bits per heavy atom. The van der Waals surface area contributed by atoms with Gasteiger partial charge in [0.25, 0.3) is 0 Å². The van der Waals surface area contributed by atoms with Crippen LogP contribution in [0.1, 0.15) is 18.2 Å². The van der Waals surface area contributed by atoms with Gasteiger partial charge in [0.05, 0.1) is 12.2 Å². The van der Waals surface area contributed by atoms with Gasteiger partial charge in [0.2, 0.25) is 5.91 Å². The zero-order valence-electron chi connectivity index (χ0n) is 11.5. The van der Waals surface area contributed by atoms with Crippen LogP contribution in [0.3, 0.4) is 0 Å². The molecule has 0 fully saturated rings. The molecular formula is C13H15N3O3S2. The molecule has 0 radical (unpaired) electrons.